The van der Waals surface area contributed by atoms with Gasteiger partial charge in [0, 0.05) is 38.4 Å². The summed E-state index contributed by atoms with van der Waals surface area (Å²) in [5.74, 6) is 2.48. The maximum atomic E-state index is 6.69. The Balaban J connectivity index is 1.15. The fourth-order valence-corrected chi connectivity index (χ4v) is 9.28. The Kier molecular flexibility index (Phi) is 6.91. The molecule has 2 heterocycles. The lowest BCUT2D eigenvalue weighted by atomic mass is 9.82. The van der Waals surface area contributed by atoms with Crippen LogP contribution in [0.2, 0.25) is 0 Å². The third-order valence-corrected chi connectivity index (χ3v) is 12.1. The second-order valence-corrected chi connectivity index (χ2v) is 15.8. The van der Waals surface area contributed by atoms with E-state index in [-0.39, 0.29) is 5.41 Å². The molecule has 272 valence electrons. The zero-order chi connectivity index (χ0) is 38.5. The molecule has 0 aliphatic heterocycles. The lowest BCUT2D eigenvalue weighted by Crippen LogP contribution is -2.15. The number of rotatable bonds is 4. The lowest BCUT2D eigenvalue weighted by molar-refractivity contribution is 0.623. The highest BCUT2D eigenvalue weighted by Crippen LogP contribution is 2.50. The predicted octanol–water partition coefficient (Wildman–Crippen LogP) is 13.6. The average molecular weight is 743 g/mol. The van der Waals surface area contributed by atoms with Crippen molar-refractivity contribution in [1.82, 2.24) is 19.9 Å². The first kappa shape index (κ1) is 32.7. The first-order valence-electron chi connectivity index (χ1n) is 19.7. The minimum atomic E-state index is -0.168. The van der Waals surface area contributed by atoms with Crippen LogP contribution in [0, 0.1) is 0 Å². The highest BCUT2D eigenvalue weighted by Gasteiger charge is 2.35. The first-order valence-corrected chi connectivity index (χ1v) is 19.7. The lowest BCUT2D eigenvalue weighted by Gasteiger charge is -2.22. The molecule has 0 fully saturated rings. The third-order valence-electron chi connectivity index (χ3n) is 12.1. The van der Waals surface area contributed by atoms with Crippen LogP contribution in [-0.2, 0) is 5.41 Å². The van der Waals surface area contributed by atoms with Crippen molar-refractivity contribution in [2.75, 3.05) is 0 Å². The van der Waals surface area contributed by atoms with Gasteiger partial charge in [-0.2, -0.15) is 0 Å². The van der Waals surface area contributed by atoms with Crippen LogP contribution in [0.15, 0.2) is 174 Å². The predicted molar refractivity (Wildman–Crippen MR) is 237 cm³/mol. The zero-order valence-electron chi connectivity index (χ0n) is 31.9. The van der Waals surface area contributed by atoms with E-state index in [1.54, 1.807) is 0 Å². The van der Waals surface area contributed by atoms with Gasteiger partial charge in [-0.3, -0.25) is 0 Å². The molecule has 0 radical (unpaired) electrons. The van der Waals surface area contributed by atoms with Crippen molar-refractivity contribution in [1.29, 1.82) is 0 Å². The van der Waals surface area contributed by atoms with Gasteiger partial charge in [0.25, 0.3) is 0 Å². The largest absolute Gasteiger partial charge is 0.435 e. The van der Waals surface area contributed by atoms with Gasteiger partial charge >= 0.3 is 0 Å². The van der Waals surface area contributed by atoms with Crippen molar-refractivity contribution in [3.63, 3.8) is 0 Å². The molecule has 0 saturated heterocycles. The van der Waals surface area contributed by atoms with Crippen molar-refractivity contribution in [3.8, 4) is 56.7 Å². The van der Waals surface area contributed by atoms with Crippen LogP contribution in [0.3, 0.4) is 0 Å². The van der Waals surface area contributed by atoms with Crippen molar-refractivity contribution in [2.24, 2.45) is 0 Å². The van der Waals surface area contributed by atoms with Crippen LogP contribution < -0.4 is 0 Å². The molecule has 0 saturated carbocycles. The summed E-state index contributed by atoms with van der Waals surface area (Å²) < 4.78 is 6.69. The number of benzene rings is 9. The summed E-state index contributed by atoms with van der Waals surface area (Å²) in [6, 6.07) is 59.6. The maximum Gasteiger partial charge on any atom is 0.227 e. The van der Waals surface area contributed by atoms with Crippen LogP contribution >= 0.6 is 0 Å². The van der Waals surface area contributed by atoms with E-state index in [9.17, 15) is 0 Å². The highest BCUT2D eigenvalue weighted by molar-refractivity contribution is 6.28. The van der Waals surface area contributed by atoms with E-state index in [2.05, 4.69) is 153 Å². The summed E-state index contributed by atoms with van der Waals surface area (Å²) in [6.45, 7) is 4.61. The Morgan fingerprint density at radius 1 is 0.397 bits per heavy atom. The molecule has 5 heteroatoms. The molecule has 1 aliphatic rings. The summed E-state index contributed by atoms with van der Waals surface area (Å²) in [5.41, 5.74) is 10.3. The normalized spacial score (nSPS) is 13.1. The molecule has 0 amide bonds. The molecule has 11 aromatic rings. The molecule has 0 unspecified atom stereocenters. The Hall–Kier alpha value is -7.50. The maximum absolute atomic E-state index is 6.69. The van der Waals surface area contributed by atoms with Gasteiger partial charge < -0.3 is 4.42 Å². The van der Waals surface area contributed by atoms with E-state index < -0.39 is 0 Å². The van der Waals surface area contributed by atoms with Crippen LogP contribution in [0.4, 0.5) is 0 Å². The molecule has 1 aliphatic carbocycles. The van der Waals surface area contributed by atoms with Gasteiger partial charge in [-0.1, -0.05) is 153 Å². The number of oxazole rings is 1. The molecule has 5 nitrogen and oxygen atoms in total. The fraction of sp³-hybridized carbons (Fsp3) is 0.0566. The van der Waals surface area contributed by atoms with Gasteiger partial charge in [-0.15, -0.1) is 0 Å². The van der Waals surface area contributed by atoms with E-state index >= 15 is 0 Å². The fourth-order valence-electron chi connectivity index (χ4n) is 9.28. The zero-order valence-corrected chi connectivity index (χ0v) is 31.9. The smallest absolute Gasteiger partial charge is 0.227 e. The quantitative estimate of drug-likeness (QED) is 0.168. The molecule has 0 N–H and O–H groups in total. The van der Waals surface area contributed by atoms with Gasteiger partial charge in [0.15, 0.2) is 23.1 Å². The summed E-state index contributed by atoms with van der Waals surface area (Å²) in [6.07, 6.45) is 0. The van der Waals surface area contributed by atoms with E-state index in [0.29, 0.717) is 23.4 Å². The van der Waals surface area contributed by atoms with Crippen molar-refractivity contribution in [3.05, 3.63) is 181 Å². The number of hydrogen-bond acceptors (Lipinski definition) is 5. The van der Waals surface area contributed by atoms with E-state index in [1.807, 2.05) is 30.3 Å². The standard InChI is InChI=1S/C53H34N4O/c1-53(2)43-22-11-10-20-38(43)39-26-24-35(30-44(39)53)49-55-50(41-21-12-17-31-13-6-8-18-36(31)41)57-51(56-49)42-29-34-16-7-9-19-37(34)47-40(42)27-23-32-25-28-45-48(46(32)47)58-52(54-45)33-14-4-3-5-15-33/h3-30H,1-2H3. The summed E-state index contributed by atoms with van der Waals surface area (Å²) in [5, 5.41) is 8.65. The summed E-state index contributed by atoms with van der Waals surface area (Å²) >= 11 is 0. The third kappa shape index (κ3) is 4.83. The minimum absolute atomic E-state index is 0.168. The average Bonchev–Trinajstić information content (AvgIpc) is 3.82. The molecule has 0 atom stereocenters. The van der Waals surface area contributed by atoms with Gasteiger partial charge in [-0.25, -0.2) is 19.9 Å². The van der Waals surface area contributed by atoms with Crippen molar-refractivity contribution >= 4 is 54.2 Å². The topological polar surface area (TPSA) is 64.7 Å². The van der Waals surface area contributed by atoms with Gasteiger partial charge in [0.05, 0.1) is 0 Å². The van der Waals surface area contributed by atoms with Crippen molar-refractivity contribution < 1.29 is 4.42 Å². The molecule has 12 rings (SSSR count). The molecular weight excluding hydrogens is 709 g/mol. The summed E-state index contributed by atoms with van der Waals surface area (Å²) in [4.78, 5) is 21.0. The second-order valence-electron chi connectivity index (χ2n) is 15.8. The SMILES string of the molecule is CC1(C)c2ccccc2-c2ccc(-c3nc(-c4cccc5ccccc45)nc(-c4cc5ccccc5c5c4ccc4ccc6nc(-c7ccccc7)oc6c45)n3)cc21. The van der Waals surface area contributed by atoms with Crippen LogP contribution in [0.25, 0.3) is 111 Å². The van der Waals surface area contributed by atoms with Crippen LogP contribution in [-0.4, -0.2) is 19.9 Å². The summed E-state index contributed by atoms with van der Waals surface area (Å²) in [7, 11) is 0. The number of nitrogens with zero attached hydrogens (tertiary/aromatic N) is 4. The van der Waals surface area contributed by atoms with Crippen LogP contribution in [0.1, 0.15) is 25.0 Å². The van der Waals surface area contributed by atoms with E-state index in [4.69, 9.17) is 24.4 Å². The van der Waals surface area contributed by atoms with Gasteiger partial charge in [-0.05, 0) is 84.9 Å². The number of hydrogen-bond donors (Lipinski definition) is 0. The second kappa shape index (κ2) is 12.2. The molecule has 58 heavy (non-hydrogen) atoms. The molecule has 0 bridgehead atoms. The number of fused-ring (bicyclic) bond motifs is 11. The Morgan fingerprint density at radius 3 is 1.95 bits per heavy atom. The number of aromatic nitrogens is 4. The van der Waals surface area contributed by atoms with Gasteiger partial charge in [0.2, 0.25) is 5.89 Å². The van der Waals surface area contributed by atoms with E-state index in [1.165, 1.54) is 22.3 Å². The molecular formula is C53H34N4O. The Morgan fingerprint density at radius 2 is 1.07 bits per heavy atom. The molecule has 2 aromatic heterocycles. The Bertz CT molecular complexity index is 3490. The molecule has 0 spiro atoms. The van der Waals surface area contributed by atoms with Gasteiger partial charge in [0.1, 0.15) is 5.52 Å². The molecule has 9 aromatic carbocycles. The highest BCUT2D eigenvalue weighted by atomic mass is 16.3. The monoisotopic (exact) mass is 742 g/mol. The Labute approximate surface area is 334 Å². The van der Waals surface area contributed by atoms with E-state index in [0.717, 1.165) is 76.4 Å². The van der Waals surface area contributed by atoms with Crippen LogP contribution in [0.5, 0.6) is 0 Å². The first-order chi connectivity index (χ1) is 28.5. The van der Waals surface area contributed by atoms with Crippen molar-refractivity contribution in [2.45, 2.75) is 19.3 Å². The minimum Gasteiger partial charge on any atom is -0.435 e.